The van der Waals surface area contributed by atoms with E-state index in [1.54, 1.807) is 18.9 Å². The number of rotatable bonds is 5. The van der Waals surface area contributed by atoms with Gasteiger partial charge in [0.15, 0.2) is 0 Å². The van der Waals surface area contributed by atoms with Crippen LogP contribution in [0.3, 0.4) is 0 Å². The molecule has 0 unspecified atom stereocenters. The molecule has 0 radical (unpaired) electrons. The van der Waals surface area contributed by atoms with E-state index in [4.69, 9.17) is 0 Å². The van der Waals surface area contributed by atoms with Crippen LogP contribution < -0.4 is 0 Å². The van der Waals surface area contributed by atoms with E-state index in [1.165, 1.54) is 0 Å². The maximum Gasteiger partial charge on any atom is 0.147 e. The van der Waals surface area contributed by atoms with Crippen molar-refractivity contribution in [1.82, 2.24) is 4.90 Å². The first-order valence-corrected chi connectivity index (χ1v) is 4.27. The van der Waals surface area contributed by atoms with Crippen LogP contribution in [0.5, 0.6) is 0 Å². The van der Waals surface area contributed by atoms with E-state index < -0.39 is 6.67 Å². The molecule has 0 rings (SSSR count). The number of ketones is 1. The summed E-state index contributed by atoms with van der Waals surface area (Å²) < 4.78 is 12.0. The lowest BCUT2D eigenvalue weighted by atomic mass is 9.99. The number of nitrogens with zero attached hydrogens (tertiary/aromatic N) is 1. The van der Waals surface area contributed by atoms with Crippen molar-refractivity contribution in [1.29, 1.82) is 0 Å². The Balaban J connectivity index is 4.19. The van der Waals surface area contributed by atoms with Crippen LogP contribution in [0.2, 0.25) is 0 Å². The molecule has 0 aromatic carbocycles. The van der Waals surface area contributed by atoms with Crippen LogP contribution in [0, 0.1) is 5.92 Å². The van der Waals surface area contributed by atoms with Crippen molar-refractivity contribution in [3.63, 3.8) is 0 Å². The Kier molecular flexibility index (Phi) is 5.06. The molecule has 72 valence electrons. The van der Waals surface area contributed by atoms with Crippen molar-refractivity contribution in [2.75, 3.05) is 20.3 Å². The zero-order chi connectivity index (χ0) is 9.72. The third-order valence-corrected chi connectivity index (χ3v) is 1.96. The SMILES string of the molecule is CC(=O)[C@H](C(C)C)N(C)CCF. The average Bonchev–Trinajstić information content (AvgIpc) is 1.85. The minimum absolute atomic E-state index is 0.112. The topological polar surface area (TPSA) is 20.3 Å². The molecule has 0 aromatic rings. The van der Waals surface area contributed by atoms with Gasteiger partial charge in [0.05, 0.1) is 6.04 Å². The minimum Gasteiger partial charge on any atom is -0.298 e. The second kappa shape index (κ2) is 5.25. The second-order valence-electron chi connectivity index (χ2n) is 3.47. The fraction of sp³-hybridized carbons (Fsp3) is 0.889. The van der Waals surface area contributed by atoms with Gasteiger partial charge in [0.25, 0.3) is 0 Å². The largest absolute Gasteiger partial charge is 0.298 e. The first-order valence-electron chi connectivity index (χ1n) is 4.27. The Bertz CT molecular complexity index is 147. The van der Waals surface area contributed by atoms with Crippen molar-refractivity contribution in [2.24, 2.45) is 5.92 Å². The molecule has 0 saturated carbocycles. The first-order chi connectivity index (χ1) is 5.50. The second-order valence-corrected chi connectivity index (χ2v) is 3.47. The van der Waals surface area contributed by atoms with E-state index >= 15 is 0 Å². The van der Waals surface area contributed by atoms with Crippen LogP contribution in [0.25, 0.3) is 0 Å². The maximum absolute atomic E-state index is 12.0. The number of Topliss-reactive ketones (excluding diaryl/α,β-unsaturated/α-hetero) is 1. The molecular weight excluding hydrogens is 157 g/mol. The summed E-state index contributed by atoms with van der Waals surface area (Å²) in [5.74, 6) is 0.361. The number of hydrogen-bond donors (Lipinski definition) is 0. The first kappa shape index (κ1) is 11.6. The molecule has 0 amide bonds. The third-order valence-electron chi connectivity index (χ3n) is 1.96. The molecule has 0 aromatic heterocycles. The smallest absolute Gasteiger partial charge is 0.147 e. The van der Waals surface area contributed by atoms with Crippen LogP contribution in [-0.4, -0.2) is 37.0 Å². The van der Waals surface area contributed by atoms with E-state index in [0.29, 0.717) is 6.54 Å². The predicted molar refractivity (Wildman–Crippen MR) is 47.9 cm³/mol. The fourth-order valence-electron chi connectivity index (χ4n) is 1.56. The number of alkyl halides is 1. The molecule has 0 fully saturated rings. The Hall–Kier alpha value is -0.440. The number of halogens is 1. The molecule has 1 atom stereocenters. The molecule has 0 aliphatic carbocycles. The molecule has 0 bridgehead atoms. The van der Waals surface area contributed by atoms with Gasteiger partial charge in [0, 0.05) is 6.54 Å². The Morgan fingerprint density at radius 1 is 1.50 bits per heavy atom. The lowest BCUT2D eigenvalue weighted by molar-refractivity contribution is -0.123. The highest BCUT2D eigenvalue weighted by atomic mass is 19.1. The van der Waals surface area contributed by atoms with Crippen LogP contribution in [0.4, 0.5) is 4.39 Å². The van der Waals surface area contributed by atoms with Crippen molar-refractivity contribution in [3.05, 3.63) is 0 Å². The molecule has 0 aliphatic rings. The van der Waals surface area contributed by atoms with Gasteiger partial charge in [-0.2, -0.15) is 0 Å². The fourth-order valence-corrected chi connectivity index (χ4v) is 1.56. The molecule has 0 aliphatic heterocycles. The highest BCUT2D eigenvalue weighted by molar-refractivity contribution is 5.81. The van der Waals surface area contributed by atoms with Gasteiger partial charge in [-0.3, -0.25) is 9.69 Å². The molecule has 0 saturated heterocycles. The predicted octanol–water partition coefficient (Wildman–Crippen LogP) is 1.50. The molecule has 12 heavy (non-hydrogen) atoms. The van der Waals surface area contributed by atoms with Crippen LogP contribution in [-0.2, 0) is 4.79 Å². The zero-order valence-electron chi connectivity index (χ0n) is 8.30. The van der Waals surface area contributed by atoms with Gasteiger partial charge >= 0.3 is 0 Å². The van der Waals surface area contributed by atoms with E-state index in [-0.39, 0.29) is 17.7 Å². The van der Waals surface area contributed by atoms with Crippen molar-refractivity contribution in [2.45, 2.75) is 26.8 Å². The minimum atomic E-state index is -0.396. The van der Waals surface area contributed by atoms with Gasteiger partial charge in [-0.15, -0.1) is 0 Å². The van der Waals surface area contributed by atoms with Crippen molar-refractivity contribution >= 4 is 5.78 Å². The van der Waals surface area contributed by atoms with Gasteiger partial charge in [0.2, 0.25) is 0 Å². The summed E-state index contributed by atoms with van der Waals surface area (Å²) in [5, 5.41) is 0. The maximum atomic E-state index is 12.0. The van der Waals surface area contributed by atoms with E-state index in [0.717, 1.165) is 0 Å². The van der Waals surface area contributed by atoms with E-state index in [1.807, 2.05) is 13.8 Å². The third kappa shape index (κ3) is 3.30. The summed E-state index contributed by atoms with van der Waals surface area (Å²) in [7, 11) is 1.78. The van der Waals surface area contributed by atoms with Crippen LogP contribution in [0.15, 0.2) is 0 Å². The lowest BCUT2D eigenvalue weighted by Gasteiger charge is -2.27. The van der Waals surface area contributed by atoms with Crippen LogP contribution >= 0.6 is 0 Å². The molecule has 3 heteroatoms. The summed E-state index contributed by atoms with van der Waals surface area (Å²) in [6, 6.07) is -0.138. The molecule has 0 N–H and O–H groups in total. The van der Waals surface area contributed by atoms with E-state index in [9.17, 15) is 9.18 Å². The zero-order valence-corrected chi connectivity index (χ0v) is 8.30. The quantitative estimate of drug-likeness (QED) is 0.631. The van der Waals surface area contributed by atoms with Gasteiger partial charge in [-0.25, -0.2) is 4.39 Å². The van der Waals surface area contributed by atoms with Gasteiger partial charge in [-0.1, -0.05) is 13.8 Å². The average molecular weight is 175 g/mol. The Labute approximate surface area is 73.7 Å². The summed E-state index contributed by atoms with van der Waals surface area (Å²) in [6.45, 7) is 5.44. The number of carbonyl (C=O) groups excluding carboxylic acids is 1. The highest BCUT2D eigenvalue weighted by Crippen LogP contribution is 2.09. The lowest BCUT2D eigenvalue weighted by Crippen LogP contribution is -2.42. The summed E-state index contributed by atoms with van der Waals surface area (Å²) >= 11 is 0. The molecular formula is C9H18FNO. The molecule has 0 heterocycles. The van der Waals surface area contributed by atoms with Gasteiger partial charge < -0.3 is 0 Å². The van der Waals surface area contributed by atoms with Crippen molar-refractivity contribution in [3.8, 4) is 0 Å². The van der Waals surface area contributed by atoms with Crippen molar-refractivity contribution < 1.29 is 9.18 Å². The molecule has 2 nitrogen and oxygen atoms in total. The monoisotopic (exact) mass is 175 g/mol. The van der Waals surface area contributed by atoms with Gasteiger partial charge in [-0.05, 0) is 19.9 Å². The summed E-state index contributed by atoms with van der Waals surface area (Å²) in [4.78, 5) is 12.9. The Morgan fingerprint density at radius 2 is 2.00 bits per heavy atom. The number of hydrogen-bond acceptors (Lipinski definition) is 2. The number of likely N-dealkylation sites (N-methyl/N-ethyl adjacent to an activating group) is 1. The standard InChI is InChI=1S/C9H18FNO/c1-7(2)9(8(3)12)11(4)6-5-10/h7,9H,5-6H2,1-4H3/t9-/m0/s1. The van der Waals surface area contributed by atoms with E-state index in [2.05, 4.69) is 0 Å². The van der Waals surface area contributed by atoms with Crippen LogP contribution in [0.1, 0.15) is 20.8 Å². The Morgan fingerprint density at radius 3 is 2.25 bits per heavy atom. The normalized spacial score (nSPS) is 13.9. The summed E-state index contributed by atoms with van der Waals surface area (Å²) in [5.41, 5.74) is 0. The molecule has 0 spiro atoms. The van der Waals surface area contributed by atoms with Gasteiger partial charge in [0.1, 0.15) is 12.5 Å². The highest BCUT2D eigenvalue weighted by Gasteiger charge is 2.22. The summed E-state index contributed by atoms with van der Waals surface area (Å²) in [6.07, 6.45) is 0. The number of carbonyl (C=O) groups is 1.